The van der Waals surface area contributed by atoms with E-state index in [2.05, 4.69) is 58.0 Å². The molecule has 3 nitrogen and oxygen atoms in total. The van der Waals surface area contributed by atoms with Gasteiger partial charge in [0.05, 0.1) is 11.3 Å². The third-order valence-corrected chi connectivity index (χ3v) is 5.79. The molecule has 1 unspecified atom stereocenters. The summed E-state index contributed by atoms with van der Waals surface area (Å²) in [6.45, 7) is 10.4. The fourth-order valence-electron chi connectivity index (χ4n) is 4.73. The van der Waals surface area contributed by atoms with E-state index in [0.29, 0.717) is 5.56 Å². The summed E-state index contributed by atoms with van der Waals surface area (Å²) in [5.74, 6) is -0.765. The molecule has 2 aliphatic rings. The minimum Gasteiger partial charge on any atom is -0.299 e. The molecule has 0 aliphatic carbocycles. The highest BCUT2D eigenvalue weighted by atomic mass is 16.2. The van der Waals surface area contributed by atoms with Crippen molar-refractivity contribution in [3.63, 3.8) is 0 Å². The van der Waals surface area contributed by atoms with Crippen LogP contribution in [-0.4, -0.2) is 17.2 Å². The number of anilines is 1. The molecule has 0 saturated carbocycles. The summed E-state index contributed by atoms with van der Waals surface area (Å²) in [5.41, 5.74) is 5.29. The van der Waals surface area contributed by atoms with E-state index in [1.807, 2.05) is 13.0 Å². The Labute approximate surface area is 148 Å². The first-order valence-electron chi connectivity index (χ1n) is 8.76. The lowest BCUT2D eigenvalue weighted by Gasteiger charge is -2.49. The van der Waals surface area contributed by atoms with Gasteiger partial charge in [0.15, 0.2) is 0 Å². The second-order valence-corrected chi connectivity index (χ2v) is 8.37. The van der Waals surface area contributed by atoms with Crippen LogP contribution in [0.2, 0.25) is 0 Å². The molecule has 128 valence electrons. The summed E-state index contributed by atoms with van der Waals surface area (Å²) in [6, 6.07) is 12.6. The van der Waals surface area contributed by atoms with Crippen molar-refractivity contribution in [2.45, 2.75) is 52.0 Å². The summed E-state index contributed by atoms with van der Waals surface area (Å²) in [6.07, 6.45) is 0.776. The predicted octanol–water partition coefficient (Wildman–Crippen LogP) is 4.32. The quantitative estimate of drug-likeness (QED) is 0.729. The molecule has 0 bridgehead atoms. The molecule has 2 aromatic carbocycles. The summed E-state index contributed by atoms with van der Waals surface area (Å²) in [5, 5.41) is 0. The molecule has 1 amide bonds. The number of carbonyl (C=O) groups excluding carboxylic acids is 2. The average Bonchev–Trinajstić information content (AvgIpc) is 2.78. The van der Waals surface area contributed by atoms with E-state index in [-0.39, 0.29) is 11.2 Å². The molecule has 2 heterocycles. The lowest BCUT2D eigenvalue weighted by atomic mass is 9.65. The molecule has 3 heteroatoms. The van der Waals surface area contributed by atoms with Crippen LogP contribution in [0.5, 0.6) is 0 Å². The predicted molar refractivity (Wildman–Crippen MR) is 99.3 cm³/mol. The fraction of sp³-hybridized carbons (Fsp3) is 0.364. The van der Waals surface area contributed by atoms with Gasteiger partial charge in [0.25, 0.3) is 11.7 Å². The number of ketones is 1. The van der Waals surface area contributed by atoms with Crippen molar-refractivity contribution in [3.8, 4) is 0 Å². The average molecular weight is 333 g/mol. The number of aryl methyl sites for hydroxylation is 2. The van der Waals surface area contributed by atoms with Crippen LogP contribution < -0.4 is 4.90 Å². The number of Topliss-reactive ketones (excluding diaryl/α,β-unsaturated/α-hetero) is 1. The largest absolute Gasteiger partial charge is 0.299 e. The highest BCUT2D eigenvalue weighted by molar-refractivity contribution is 6.53. The molecule has 0 radical (unpaired) electrons. The van der Waals surface area contributed by atoms with E-state index in [1.54, 1.807) is 4.90 Å². The minimum absolute atomic E-state index is 0.241. The molecule has 4 rings (SSSR count). The molecular formula is C22H23NO2. The number of benzene rings is 2. The van der Waals surface area contributed by atoms with E-state index in [4.69, 9.17) is 0 Å². The van der Waals surface area contributed by atoms with E-state index >= 15 is 0 Å². The first-order valence-corrected chi connectivity index (χ1v) is 8.76. The Morgan fingerprint density at radius 3 is 2.20 bits per heavy atom. The van der Waals surface area contributed by atoms with Gasteiger partial charge < -0.3 is 0 Å². The van der Waals surface area contributed by atoms with E-state index in [9.17, 15) is 9.59 Å². The number of rotatable bonds is 1. The van der Waals surface area contributed by atoms with Crippen molar-refractivity contribution in [2.24, 2.45) is 0 Å². The lowest BCUT2D eigenvalue weighted by Crippen LogP contribution is -2.54. The summed E-state index contributed by atoms with van der Waals surface area (Å²) < 4.78 is 0. The van der Waals surface area contributed by atoms with Crippen molar-refractivity contribution in [3.05, 3.63) is 64.2 Å². The standard InChI is InChI=1S/C22H23NO2/c1-13-6-8-15(9-7-13)22(5)12-21(3,4)23-18-16(19(24)20(23)25)10-14(2)11-17(18)22/h6-11H,12H2,1-5H3. The van der Waals surface area contributed by atoms with Crippen LogP contribution in [0.4, 0.5) is 5.69 Å². The zero-order chi connectivity index (χ0) is 18.1. The number of amides is 1. The Morgan fingerprint density at radius 2 is 1.56 bits per heavy atom. The fourth-order valence-corrected chi connectivity index (χ4v) is 4.73. The maximum Gasteiger partial charge on any atom is 0.299 e. The van der Waals surface area contributed by atoms with Crippen LogP contribution in [0.25, 0.3) is 0 Å². The lowest BCUT2D eigenvalue weighted by molar-refractivity contribution is -0.115. The normalized spacial score (nSPS) is 23.8. The maximum absolute atomic E-state index is 12.7. The number of hydrogen-bond acceptors (Lipinski definition) is 2. The molecule has 2 aromatic rings. The van der Waals surface area contributed by atoms with Crippen LogP contribution in [-0.2, 0) is 10.2 Å². The smallest absolute Gasteiger partial charge is 0.299 e. The number of hydrogen-bond donors (Lipinski definition) is 0. The van der Waals surface area contributed by atoms with Crippen molar-refractivity contribution in [2.75, 3.05) is 4.90 Å². The van der Waals surface area contributed by atoms with Gasteiger partial charge in [0, 0.05) is 11.0 Å². The Morgan fingerprint density at radius 1 is 0.920 bits per heavy atom. The van der Waals surface area contributed by atoms with Crippen molar-refractivity contribution < 1.29 is 9.59 Å². The van der Waals surface area contributed by atoms with Crippen LogP contribution in [0.3, 0.4) is 0 Å². The van der Waals surface area contributed by atoms with E-state index in [0.717, 1.165) is 23.2 Å². The zero-order valence-corrected chi connectivity index (χ0v) is 15.4. The third-order valence-electron chi connectivity index (χ3n) is 5.79. The maximum atomic E-state index is 12.7. The third kappa shape index (κ3) is 2.05. The number of carbonyl (C=O) groups is 2. The van der Waals surface area contributed by atoms with Crippen molar-refractivity contribution in [1.82, 2.24) is 0 Å². The van der Waals surface area contributed by atoms with Crippen LogP contribution in [0, 0.1) is 13.8 Å². The van der Waals surface area contributed by atoms with E-state index < -0.39 is 11.4 Å². The molecule has 0 saturated heterocycles. The Bertz CT molecular complexity index is 924. The molecule has 0 spiro atoms. The molecule has 2 aliphatic heterocycles. The van der Waals surface area contributed by atoms with Gasteiger partial charge in [-0.2, -0.15) is 0 Å². The van der Waals surface area contributed by atoms with Gasteiger partial charge in [-0.25, -0.2) is 0 Å². The van der Waals surface area contributed by atoms with E-state index in [1.165, 1.54) is 11.1 Å². The molecule has 0 N–H and O–H groups in total. The van der Waals surface area contributed by atoms with Crippen molar-refractivity contribution in [1.29, 1.82) is 0 Å². The Balaban J connectivity index is 2.06. The molecular weight excluding hydrogens is 310 g/mol. The van der Waals surface area contributed by atoms with Crippen molar-refractivity contribution >= 4 is 17.4 Å². The summed E-state index contributed by atoms with van der Waals surface area (Å²) in [4.78, 5) is 27.0. The van der Waals surface area contributed by atoms with Crippen LogP contribution in [0.1, 0.15) is 59.8 Å². The molecule has 1 atom stereocenters. The first-order chi connectivity index (χ1) is 11.6. The van der Waals surface area contributed by atoms with Gasteiger partial charge in [0.2, 0.25) is 0 Å². The molecule has 25 heavy (non-hydrogen) atoms. The minimum atomic E-state index is -0.417. The highest BCUT2D eigenvalue weighted by Crippen LogP contribution is 2.54. The second-order valence-electron chi connectivity index (χ2n) is 8.37. The van der Waals surface area contributed by atoms with Gasteiger partial charge in [-0.05, 0) is 56.9 Å². The summed E-state index contributed by atoms with van der Waals surface area (Å²) in [7, 11) is 0. The monoisotopic (exact) mass is 333 g/mol. The molecule has 0 fully saturated rings. The van der Waals surface area contributed by atoms with Crippen LogP contribution >= 0.6 is 0 Å². The van der Waals surface area contributed by atoms with Gasteiger partial charge in [0.1, 0.15) is 0 Å². The molecule has 0 aromatic heterocycles. The SMILES string of the molecule is Cc1ccc(C2(C)CC(C)(C)N3C(=O)C(=O)c4cc(C)cc2c43)cc1. The van der Waals surface area contributed by atoms with Gasteiger partial charge >= 0.3 is 0 Å². The van der Waals surface area contributed by atoms with Crippen LogP contribution in [0.15, 0.2) is 36.4 Å². The van der Waals surface area contributed by atoms with Gasteiger partial charge in [-0.15, -0.1) is 0 Å². The zero-order valence-electron chi connectivity index (χ0n) is 15.4. The van der Waals surface area contributed by atoms with Gasteiger partial charge in [-0.1, -0.05) is 42.8 Å². The van der Waals surface area contributed by atoms with Gasteiger partial charge in [-0.3, -0.25) is 14.5 Å². The Kier molecular flexibility index (Phi) is 3.09. The Hall–Kier alpha value is -2.42. The topological polar surface area (TPSA) is 37.4 Å². The summed E-state index contributed by atoms with van der Waals surface area (Å²) >= 11 is 0. The highest BCUT2D eigenvalue weighted by Gasteiger charge is 2.53. The second kappa shape index (κ2) is 4.81. The first kappa shape index (κ1) is 16.1. The number of nitrogens with zero attached hydrogens (tertiary/aromatic N) is 1.